The van der Waals surface area contributed by atoms with E-state index >= 15 is 0 Å². The Bertz CT molecular complexity index is 760. The summed E-state index contributed by atoms with van der Waals surface area (Å²) in [4.78, 5) is 0. The van der Waals surface area contributed by atoms with Crippen molar-refractivity contribution in [2.45, 2.75) is 103 Å². The number of benzene rings is 1. The maximum absolute atomic E-state index is 13.8. The first-order valence-corrected chi connectivity index (χ1v) is 13.2. The molecule has 2 saturated carbocycles. The smallest absolute Gasteiger partial charge is 0.144 e. The number of nitriles is 1. The fraction of sp³-hybridized carbons (Fsp3) is 0.690. The molecule has 0 atom stereocenters. The molecule has 2 nitrogen and oxygen atoms in total. The van der Waals surface area contributed by atoms with Crippen LogP contribution in [-0.4, -0.2) is 12.7 Å². The van der Waals surface area contributed by atoms with E-state index in [1.165, 1.54) is 63.5 Å². The number of hydrogen-bond acceptors (Lipinski definition) is 2. The molecule has 0 unspecified atom stereocenters. The third-order valence-corrected chi connectivity index (χ3v) is 7.85. The average Bonchev–Trinajstić information content (AvgIpc) is 2.82. The SMILES string of the molecule is C/C=C/CCCCC1CCC(COC2CCC(CCc3cc(F)c(C#N)c(F)c3)CC2)CC1. The van der Waals surface area contributed by atoms with Gasteiger partial charge in [0.05, 0.1) is 6.10 Å². The molecule has 0 aliphatic heterocycles. The highest BCUT2D eigenvalue weighted by Crippen LogP contribution is 2.34. The molecule has 2 aliphatic rings. The number of unbranched alkanes of at least 4 members (excludes halogenated alkanes) is 2. The minimum absolute atomic E-state index is 0.385. The summed E-state index contributed by atoms with van der Waals surface area (Å²) in [6.45, 7) is 3.02. The van der Waals surface area contributed by atoms with Gasteiger partial charge in [0.25, 0.3) is 0 Å². The summed E-state index contributed by atoms with van der Waals surface area (Å²) >= 11 is 0. The van der Waals surface area contributed by atoms with Gasteiger partial charge in [0.1, 0.15) is 23.3 Å². The van der Waals surface area contributed by atoms with Gasteiger partial charge in [-0.3, -0.25) is 0 Å². The number of hydrogen-bond donors (Lipinski definition) is 0. The zero-order chi connectivity index (χ0) is 23.5. The molecule has 0 spiro atoms. The van der Waals surface area contributed by atoms with E-state index in [4.69, 9.17) is 10.00 Å². The molecule has 1 aromatic carbocycles. The van der Waals surface area contributed by atoms with Crippen molar-refractivity contribution in [2.75, 3.05) is 6.61 Å². The van der Waals surface area contributed by atoms with E-state index in [9.17, 15) is 8.78 Å². The van der Waals surface area contributed by atoms with Crippen molar-refractivity contribution in [1.82, 2.24) is 0 Å². The van der Waals surface area contributed by atoms with Crippen LogP contribution in [0, 0.1) is 40.7 Å². The first kappa shape index (κ1) is 25.9. The van der Waals surface area contributed by atoms with Crippen molar-refractivity contribution >= 4 is 0 Å². The Hall–Kier alpha value is -1.73. The molecule has 33 heavy (non-hydrogen) atoms. The molecule has 0 heterocycles. The van der Waals surface area contributed by atoms with E-state index in [-0.39, 0.29) is 0 Å². The molecule has 3 rings (SSSR count). The molecule has 2 aliphatic carbocycles. The summed E-state index contributed by atoms with van der Waals surface area (Å²) in [5, 5.41) is 8.80. The second kappa shape index (κ2) is 13.9. The van der Waals surface area contributed by atoms with E-state index in [0.29, 0.717) is 24.0 Å². The molecule has 4 heteroatoms. The minimum Gasteiger partial charge on any atom is -0.378 e. The lowest BCUT2D eigenvalue weighted by Gasteiger charge is -2.32. The number of nitrogens with zero attached hydrogens (tertiary/aromatic N) is 1. The van der Waals surface area contributed by atoms with Crippen LogP contribution in [0.3, 0.4) is 0 Å². The van der Waals surface area contributed by atoms with Crippen molar-refractivity contribution < 1.29 is 13.5 Å². The van der Waals surface area contributed by atoms with Crippen molar-refractivity contribution in [1.29, 1.82) is 5.26 Å². The van der Waals surface area contributed by atoms with Gasteiger partial charge in [-0.05, 0) is 107 Å². The first-order chi connectivity index (χ1) is 16.1. The fourth-order valence-corrected chi connectivity index (χ4v) is 5.66. The lowest BCUT2D eigenvalue weighted by atomic mass is 9.80. The predicted octanol–water partition coefficient (Wildman–Crippen LogP) is 8.29. The van der Waals surface area contributed by atoms with Crippen molar-refractivity contribution in [3.05, 3.63) is 47.0 Å². The Morgan fingerprint density at radius 1 is 0.909 bits per heavy atom. The molecule has 0 radical (unpaired) electrons. The Labute approximate surface area is 199 Å². The summed E-state index contributed by atoms with van der Waals surface area (Å²) in [6, 6.07) is 4.22. The van der Waals surface area contributed by atoms with Crippen LogP contribution in [-0.2, 0) is 11.2 Å². The van der Waals surface area contributed by atoms with Gasteiger partial charge in [0, 0.05) is 6.61 Å². The average molecular weight is 458 g/mol. The van der Waals surface area contributed by atoms with Gasteiger partial charge in [-0.1, -0.05) is 37.8 Å². The van der Waals surface area contributed by atoms with Crippen molar-refractivity contribution in [3.63, 3.8) is 0 Å². The highest BCUT2D eigenvalue weighted by Gasteiger charge is 2.25. The number of ether oxygens (including phenoxy) is 1. The normalized spacial score (nSPS) is 25.9. The van der Waals surface area contributed by atoms with Crippen molar-refractivity contribution in [3.8, 4) is 6.07 Å². The predicted molar refractivity (Wildman–Crippen MR) is 130 cm³/mol. The van der Waals surface area contributed by atoms with Gasteiger partial charge < -0.3 is 4.74 Å². The van der Waals surface area contributed by atoms with Crippen LogP contribution >= 0.6 is 0 Å². The zero-order valence-electron chi connectivity index (χ0n) is 20.3. The second-order valence-corrected chi connectivity index (χ2v) is 10.3. The largest absolute Gasteiger partial charge is 0.378 e. The zero-order valence-corrected chi connectivity index (χ0v) is 20.3. The summed E-state index contributed by atoms with van der Waals surface area (Å²) in [5.74, 6) is 0.768. The summed E-state index contributed by atoms with van der Waals surface area (Å²) < 4.78 is 33.9. The quantitative estimate of drug-likeness (QED) is 0.247. The van der Waals surface area contributed by atoms with Crippen LogP contribution in [0.15, 0.2) is 24.3 Å². The van der Waals surface area contributed by atoms with E-state index in [2.05, 4.69) is 19.1 Å². The maximum Gasteiger partial charge on any atom is 0.144 e. The van der Waals surface area contributed by atoms with Crippen LogP contribution in [0.25, 0.3) is 0 Å². The van der Waals surface area contributed by atoms with Crippen LogP contribution in [0.4, 0.5) is 8.78 Å². The van der Waals surface area contributed by atoms with E-state index in [1.807, 2.05) is 0 Å². The number of halogens is 2. The van der Waals surface area contributed by atoms with Gasteiger partial charge in [-0.25, -0.2) is 8.78 Å². The molecule has 0 aromatic heterocycles. The lowest BCUT2D eigenvalue weighted by molar-refractivity contribution is -0.0102. The number of rotatable bonds is 11. The molecule has 1 aromatic rings. The van der Waals surface area contributed by atoms with Crippen LogP contribution < -0.4 is 0 Å². The molecular weight excluding hydrogens is 416 g/mol. The van der Waals surface area contributed by atoms with E-state index < -0.39 is 17.2 Å². The van der Waals surface area contributed by atoms with Gasteiger partial charge in [0.15, 0.2) is 0 Å². The maximum atomic E-state index is 13.8. The van der Waals surface area contributed by atoms with E-state index in [1.54, 1.807) is 6.07 Å². The molecule has 2 fully saturated rings. The van der Waals surface area contributed by atoms with Crippen molar-refractivity contribution in [2.24, 2.45) is 17.8 Å². The minimum atomic E-state index is -0.747. The van der Waals surface area contributed by atoms with Crippen LogP contribution in [0.2, 0.25) is 0 Å². The highest BCUT2D eigenvalue weighted by molar-refractivity contribution is 5.35. The second-order valence-electron chi connectivity index (χ2n) is 10.3. The molecule has 182 valence electrons. The Balaban J connectivity index is 1.27. The summed E-state index contributed by atoms with van der Waals surface area (Å²) in [5.41, 5.74) is 0.167. The monoisotopic (exact) mass is 457 g/mol. The van der Waals surface area contributed by atoms with E-state index in [0.717, 1.165) is 50.5 Å². The highest BCUT2D eigenvalue weighted by atomic mass is 19.1. The number of aryl methyl sites for hydroxylation is 1. The molecule has 0 amide bonds. The van der Waals surface area contributed by atoms with Gasteiger partial charge in [0.2, 0.25) is 0 Å². The van der Waals surface area contributed by atoms with Crippen LogP contribution in [0.1, 0.15) is 102 Å². The fourth-order valence-electron chi connectivity index (χ4n) is 5.66. The van der Waals surface area contributed by atoms with Gasteiger partial charge >= 0.3 is 0 Å². The molecule has 0 bridgehead atoms. The number of allylic oxidation sites excluding steroid dienone is 2. The molecule has 0 saturated heterocycles. The van der Waals surface area contributed by atoms with Gasteiger partial charge in [-0.2, -0.15) is 5.26 Å². The standard InChI is InChI=1S/C29H41F2NO/c1-2-3-4-5-6-7-22-8-11-24(12-9-22)21-33-26-16-14-23(15-17-26)10-13-25-18-28(30)27(20-32)29(31)19-25/h2-3,18-19,22-24,26H,4-17,21H2,1H3/b3-2+. The van der Waals surface area contributed by atoms with Crippen LogP contribution in [0.5, 0.6) is 0 Å². The topological polar surface area (TPSA) is 33.0 Å². The lowest BCUT2D eigenvalue weighted by Crippen LogP contribution is -2.26. The third-order valence-electron chi connectivity index (χ3n) is 7.85. The first-order valence-electron chi connectivity index (χ1n) is 13.2. The Kier molecular flexibility index (Phi) is 10.9. The molecular formula is C29H41F2NO. The molecule has 0 N–H and O–H groups in total. The Morgan fingerprint density at radius 2 is 1.52 bits per heavy atom. The third kappa shape index (κ3) is 8.53. The summed E-state index contributed by atoms with van der Waals surface area (Å²) in [7, 11) is 0. The summed E-state index contributed by atoms with van der Waals surface area (Å²) in [6.07, 6.45) is 21.6. The Morgan fingerprint density at radius 3 is 2.15 bits per heavy atom. The van der Waals surface area contributed by atoms with Gasteiger partial charge in [-0.15, -0.1) is 0 Å².